The lowest BCUT2D eigenvalue weighted by Crippen LogP contribution is -2.50. The molecule has 4 amide bonds. The van der Waals surface area contributed by atoms with Gasteiger partial charge in [0.2, 0.25) is 17.7 Å². The number of hydrogen-bond acceptors (Lipinski definition) is 10. The van der Waals surface area contributed by atoms with Gasteiger partial charge in [0.1, 0.15) is 18.4 Å². The molecule has 0 bridgehead atoms. The molecule has 0 unspecified atom stereocenters. The highest BCUT2D eigenvalue weighted by Crippen LogP contribution is 2.40. The fourth-order valence-corrected chi connectivity index (χ4v) is 7.01. The third kappa shape index (κ3) is 8.19. The van der Waals surface area contributed by atoms with Crippen LogP contribution in [0.25, 0.3) is 22.3 Å². The third-order valence-corrected chi connectivity index (χ3v) is 9.98. The number of amides is 4. The van der Waals surface area contributed by atoms with E-state index in [9.17, 15) is 33.9 Å². The van der Waals surface area contributed by atoms with Crippen molar-refractivity contribution in [3.63, 3.8) is 0 Å². The van der Waals surface area contributed by atoms with E-state index in [4.69, 9.17) is 20.2 Å². The highest BCUT2D eigenvalue weighted by Gasteiger charge is 2.45. The van der Waals surface area contributed by atoms with Gasteiger partial charge in [-0.1, -0.05) is 46.5 Å². The molecule has 0 saturated carbocycles. The van der Waals surface area contributed by atoms with Crippen LogP contribution in [0.3, 0.4) is 0 Å². The smallest absolute Gasteiger partial charge is 0.412 e. The average Bonchev–Trinajstić information content (AvgIpc) is 3.49. The van der Waals surface area contributed by atoms with Crippen LogP contribution < -0.4 is 26.7 Å². The van der Waals surface area contributed by atoms with Crippen molar-refractivity contribution in [3.8, 4) is 17.1 Å². The molecule has 2 aliphatic rings. The summed E-state index contributed by atoms with van der Waals surface area (Å²) in [6.45, 7) is 5.85. The van der Waals surface area contributed by atoms with Gasteiger partial charge in [0.15, 0.2) is 5.60 Å². The summed E-state index contributed by atoms with van der Waals surface area (Å²) in [7, 11) is 1.50. The van der Waals surface area contributed by atoms with Gasteiger partial charge in [-0.05, 0) is 49.1 Å². The van der Waals surface area contributed by atoms with Gasteiger partial charge in [0.05, 0.1) is 35.4 Å². The van der Waals surface area contributed by atoms with Crippen molar-refractivity contribution in [2.75, 3.05) is 20.1 Å². The molecule has 0 fully saturated rings. The Hall–Kier alpha value is -5.31. The molecule has 1 aromatic carbocycles. The van der Waals surface area contributed by atoms with Crippen molar-refractivity contribution < 1.29 is 38.6 Å². The number of aryl methyl sites for hydroxylation is 1. The quantitative estimate of drug-likeness (QED) is 0.0977. The molecular weight excluding hydrogens is 684 g/mol. The Morgan fingerprint density at radius 2 is 1.85 bits per heavy atom. The number of carbonyl (C=O) groups is 5. The van der Waals surface area contributed by atoms with Gasteiger partial charge >= 0.3 is 12.1 Å². The maximum Gasteiger partial charge on any atom is 0.412 e. The van der Waals surface area contributed by atoms with Crippen LogP contribution in [0.4, 0.5) is 4.79 Å². The first-order valence-corrected chi connectivity index (χ1v) is 18.2. The van der Waals surface area contributed by atoms with Crippen LogP contribution >= 0.6 is 0 Å². The minimum atomic E-state index is -1.93. The fourth-order valence-electron chi connectivity index (χ4n) is 7.01. The van der Waals surface area contributed by atoms with Gasteiger partial charge in [0, 0.05) is 43.1 Å². The molecule has 4 heterocycles. The Morgan fingerprint density at radius 1 is 1.09 bits per heavy atom. The first-order valence-electron chi connectivity index (χ1n) is 18.2. The van der Waals surface area contributed by atoms with E-state index in [1.807, 2.05) is 6.92 Å². The summed E-state index contributed by atoms with van der Waals surface area (Å²) < 4.78 is 12.3. The molecule has 15 heteroatoms. The van der Waals surface area contributed by atoms with E-state index in [0.29, 0.717) is 29.7 Å². The lowest BCUT2D eigenvalue weighted by molar-refractivity contribution is -0.172. The molecule has 15 nitrogen and oxygen atoms in total. The number of aromatic nitrogens is 2. The molecule has 0 saturated heterocycles. The monoisotopic (exact) mass is 732 g/mol. The predicted molar refractivity (Wildman–Crippen MR) is 195 cm³/mol. The summed E-state index contributed by atoms with van der Waals surface area (Å²) in [6.07, 6.45) is 4.56. The van der Waals surface area contributed by atoms with Crippen LogP contribution in [-0.2, 0) is 49.1 Å². The average molecular weight is 733 g/mol. The summed E-state index contributed by atoms with van der Waals surface area (Å²) >= 11 is 0. The van der Waals surface area contributed by atoms with Gasteiger partial charge in [-0.25, -0.2) is 14.6 Å². The largest absolute Gasteiger partial charge is 0.458 e. The molecular formula is C38H48N6O9. The maximum atomic E-state index is 13.6. The van der Waals surface area contributed by atoms with Crippen LogP contribution in [-0.4, -0.2) is 75.5 Å². The minimum Gasteiger partial charge on any atom is -0.458 e. The van der Waals surface area contributed by atoms with Crippen molar-refractivity contribution in [1.82, 2.24) is 25.1 Å². The second-order valence-electron chi connectivity index (χ2n) is 13.6. The zero-order valence-electron chi connectivity index (χ0n) is 30.7. The SMILES string of the molecule is CCCCCCCC(=O)N[C@H](CC(N)=O)C(=O)N(C)CCNC(=O)Oc1ccc2nc3c(c(CC)c2c1)Cn1c-3cc2c(c1=O)COC(=O)[C@]2(O)CC. The van der Waals surface area contributed by atoms with Crippen molar-refractivity contribution in [1.29, 1.82) is 0 Å². The van der Waals surface area contributed by atoms with Gasteiger partial charge in [-0.3, -0.25) is 19.2 Å². The van der Waals surface area contributed by atoms with E-state index >= 15 is 0 Å². The Kier molecular flexibility index (Phi) is 12.2. The number of carbonyl (C=O) groups excluding carboxylic acids is 5. The minimum absolute atomic E-state index is 0.0272. The predicted octanol–water partition coefficient (Wildman–Crippen LogP) is 2.91. The van der Waals surface area contributed by atoms with E-state index in [1.54, 1.807) is 35.8 Å². The van der Waals surface area contributed by atoms with Crippen LogP contribution in [0, 0.1) is 0 Å². The number of aliphatic hydroxyl groups is 1. The van der Waals surface area contributed by atoms with Crippen molar-refractivity contribution >= 4 is 40.7 Å². The van der Waals surface area contributed by atoms with Crippen LogP contribution in [0.2, 0.25) is 0 Å². The molecule has 2 aliphatic heterocycles. The standard InChI is InChI=1S/C38H48N6O9/c1-5-8-9-10-11-12-32(46)41-29(19-31(39)45)35(48)43(4)16-15-40-37(50)53-22-13-14-28-24(17-22)23(6-2)25-20-44-30(33(25)42-28)18-27-26(34(44)47)21-52-36(49)38(27,51)7-3/h13-14,17-18,29,51H,5-12,15-16,19-21H2,1-4H3,(H2,39,45)(H,40,50)(H,41,46)/t29-,38+/m1/s1. The lowest BCUT2D eigenvalue weighted by Gasteiger charge is -2.31. The van der Waals surface area contributed by atoms with Crippen molar-refractivity contribution in [3.05, 3.63) is 56.9 Å². The Morgan fingerprint density at radius 3 is 2.55 bits per heavy atom. The second-order valence-corrected chi connectivity index (χ2v) is 13.6. The number of ether oxygens (including phenoxy) is 2. The topological polar surface area (TPSA) is 212 Å². The number of unbranched alkanes of at least 4 members (excludes halogenated alkanes) is 4. The molecule has 0 spiro atoms. The number of benzene rings is 1. The van der Waals surface area contributed by atoms with Crippen LogP contribution in [0.1, 0.15) is 94.4 Å². The summed E-state index contributed by atoms with van der Waals surface area (Å²) in [4.78, 5) is 82.3. The number of pyridine rings is 2. The number of rotatable bonds is 16. The molecule has 284 valence electrons. The van der Waals surface area contributed by atoms with Crippen molar-refractivity contribution in [2.45, 2.75) is 103 Å². The number of primary amides is 1. The molecule has 3 aromatic rings. The van der Waals surface area contributed by atoms with E-state index in [0.717, 1.165) is 42.2 Å². The Bertz CT molecular complexity index is 1990. The number of fused-ring (bicyclic) bond motifs is 5. The number of likely N-dealkylation sites (N-methyl/N-ethyl adjacent to an activating group) is 1. The highest BCUT2D eigenvalue weighted by atomic mass is 16.6. The number of nitrogens with one attached hydrogen (secondary N) is 2. The summed E-state index contributed by atoms with van der Waals surface area (Å²) in [5.74, 6) is -2.09. The first-order chi connectivity index (χ1) is 25.3. The lowest BCUT2D eigenvalue weighted by atomic mass is 9.86. The number of hydrogen-bond donors (Lipinski definition) is 4. The molecule has 0 aliphatic carbocycles. The van der Waals surface area contributed by atoms with E-state index in [1.165, 1.54) is 11.9 Å². The number of nitrogens with zero attached hydrogens (tertiary/aromatic N) is 3. The van der Waals surface area contributed by atoms with Crippen molar-refractivity contribution in [2.24, 2.45) is 5.73 Å². The molecule has 53 heavy (non-hydrogen) atoms. The number of cyclic esters (lactones) is 1. The Balaban J connectivity index is 1.24. The van der Waals surface area contributed by atoms with Crippen LogP contribution in [0.5, 0.6) is 5.75 Å². The van der Waals surface area contributed by atoms with Gasteiger partial charge in [0.25, 0.3) is 5.56 Å². The fraction of sp³-hybridized carbons (Fsp3) is 0.500. The number of nitrogens with two attached hydrogens (primary N) is 1. The number of esters is 1. The molecule has 0 radical (unpaired) electrons. The second kappa shape index (κ2) is 16.6. The summed E-state index contributed by atoms with van der Waals surface area (Å²) in [6, 6.07) is 5.57. The summed E-state index contributed by atoms with van der Waals surface area (Å²) in [5, 5.41) is 17.1. The van der Waals surface area contributed by atoms with E-state index in [-0.39, 0.29) is 73.8 Å². The maximum absolute atomic E-state index is 13.6. The van der Waals surface area contributed by atoms with Gasteiger partial charge in [-0.2, -0.15) is 0 Å². The summed E-state index contributed by atoms with van der Waals surface area (Å²) in [5.41, 5.74) is 6.97. The van der Waals surface area contributed by atoms with E-state index in [2.05, 4.69) is 17.6 Å². The molecule has 5 N–H and O–H groups in total. The molecule has 2 atom stereocenters. The van der Waals surface area contributed by atoms with Crippen LogP contribution in [0.15, 0.2) is 29.1 Å². The third-order valence-electron chi connectivity index (χ3n) is 9.98. The molecule has 5 rings (SSSR count). The molecule has 2 aromatic heterocycles. The van der Waals surface area contributed by atoms with Gasteiger partial charge in [-0.15, -0.1) is 0 Å². The zero-order valence-corrected chi connectivity index (χ0v) is 30.7. The van der Waals surface area contributed by atoms with E-state index < -0.39 is 35.5 Å². The highest BCUT2D eigenvalue weighted by molar-refractivity contribution is 5.92. The van der Waals surface area contributed by atoms with Gasteiger partial charge < -0.3 is 40.4 Å². The Labute approximate surface area is 307 Å². The normalized spacial score (nSPS) is 16.2. The zero-order chi connectivity index (χ0) is 38.4. The first kappa shape index (κ1) is 38.9.